The lowest BCUT2D eigenvalue weighted by Gasteiger charge is -2.08. The Morgan fingerprint density at radius 2 is 2.08 bits per heavy atom. The van der Waals surface area contributed by atoms with Gasteiger partial charge in [0.05, 0.1) is 16.2 Å². The van der Waals surface area contributed by atoms with Gasteiger partial charge in [0.25, 0.3) is 11.6 Å². The van der Waals surface area contributed by atoms with Crippen LogP contribution in [0, 0.1) is 15.9 Å². The summed E-state index contributed by atoms with van der Waals surface area (Å²) in [5.74, 6) is -1.58. The molecular formula is C16H8ClFN3O4S-. The fraction of sp³-hybridized carbons (Fsp3) is 0. The average molecular weight is 393 g/mol. The molecule has 7 nitrogen and oxygen atoms in total. The van der Waals surface area contributed by atoms with Crippen molar-refractivity contribution in [1.82, 2.24) is 5.43 Å². The number of halogens is 2. The summed E-state index contributed by atoms with van der Waals surface area (Å²) >= 11 is 7.12. The van der Waals surface area contributed by atoms with E-state index in [9.17, 15) is 24.4 Å². The number of benzene rings is 2. The van der Waals surface area contributed by atoms with Crippen molar-refractivity contribution in [2.45, 2.75) is 0 Å². The number of amides is 1. The number of hydrogen-bond acceptors (Lipinski definition) is 6. The van der Waals surface area contributed by atoms with Crippen LogP contribution in [0.3, 0.4) is 0 Å². The molecule has 0 radical (unpaired) electrons. The first-order chi connectivity index (χ1) is 12.4. The van der Waals surface area contributed by atoms with Crippen molar-refractivity contribution < 1.29 is 19.2 Å². The zero-order valence-electron chi connectivity index (χ0n) is 12.7. The maximum atomic E-state index is 13.3. The molecule has 0 aliphatic rings. The van der Waals surface area contributed by atoms with E-state index < -0.39 is 22.4 Å². The largest absolute Gasteiger partial charge is 0.872 e. The molecule has 0 atom stereocenters. The standard InChI is InChI=1S/C16H9ClFN3O4S/c17-14-11-3-1-9(18)6-13(11)26-15(14)16(23)20-19-7-8-5-10(21(24)25)2-4-12(8)22/h1-7,22H,(H,20,23)/p-1. The van der Waals surface area contributed by atoms with E-state index >= 15 is 0 Å². The van der Waals surface area contributed by atoms with E-state index in [-0.39, 0.29) is 21.2 Å². The fourth-order valence-electron chi connectivity index (χ4n) is 2.15. The Hall–Kier alpha value is -3.04. The molecule has 2 aromatic carbocycles. The van der Waals surface area contributed by atoms with Crippen LogP contribution in [0.4, 0.5) is 10.1 Å². The molecule has 132 valence electrons. The number of non-ortho nitro benzene ring substituents is 1. The molecule has 26 heavy (non-hydrogen) atoms. The molecule has 0 spiro atoms. The highest BCUT2D eigenvalue weighted by molar-refractivity contribution is 7.21. The SMILES string of the molecule is O=C(NN=Cc1cc([N+](=O)[O-])ccc1[O-])c1sc2cc(F)ccc2c1Cl. The molecule has 10 heteroatoms. The second kappa shape index (κ2) is 7.06. The van der Waals surface area contributed by atoms with E-state index in [1.54, 1.807) is 0 Å². The number of nitro benzene ring substituents is 1. The average Bonchev–Trinajstić information content (AvgIpc) is 2.92. The third-order valence-electron chi connectivity index (χ3n) is 3.37. The number of nitrogens with one attached hydrogen (secondary N) is 1. The molecule has 0 fully saturated rings. The highest BCUT2D eigenvalue weighted by atomic mass is 35.5. The van der Waals surface area contributed by atoms with Crippen LogP contribution in [0.25, 0.3) is 10.1 Å². The second-order valence-electron chi connectivity index (χ2n) is 5.06. The molecule has 1 heterocycles. The quantitative estimate of drug-likeness (QED) is 0.416. The molecule has 1 amide bonds. The van der Waals surface area contributed by atoms with Crippen LogP contribution in [-0.2, 0) is 0 Å². The molecule has 3 aromatic rings. The van der Waals surface area contributed by atoms with Crippen LogP contribution in [0.15, 0.2) is 41.5 Å². The van der Waals surface area contributed by atoms with Crippen molar-refractivity contribution in [1.29, 1.82) is 0 Å². The first-order valence-corrected chi connectivity index (χ1v) is 8.22. The van der Waals surface area contributed by atoms with Crippen LogP contribution in [0.5, 0.6) is 5.75 Å². The predicted octanol–water partition coefficient (Wildman–Crippen LogP) is 3.44. The Kier molecular flexibility index (Phi) is 4.83. The molecule has 0 saturated carbocycles. The number of hydrogen-bond donors (Lipinski definition) is 1. The van der Waals surface area contributed by atoms with Crippen molar-refractivity contribution in [3.05, 3.63) is 67.8 Å². The molecule has 1 aromatic heterocycles. The molecule has 3 rings (SSSR count). The van der Waals surface area contributed by atoms with Gasteiger partial charge in [0.15, 0.2) is 0 Å². The van der Waals surface area contributed by atoms with Crippen molar-refractivity contribution in [3.63, 3.8) is 0 Å². The number of rotatable bonds is 4. The van der Waals surface area contributed by atoms with E-state index in [1.807, 2.05) is 0 Å². The lowest BCUT2D eigenvalue weighted by molar-refractivity contribution is -0.385. The summed E-state index contributed by atoms with van der Waals surface area (Å²) in [7, 11) is 0. The van der Waals surface area contributed by atoms with Crippen molar-refractivity contribution in [2.24, 2.45) is 5.10 Å². The van der Waals surface area contributed by atoms with E-state index in [1.165, 1.54) is 18.2 Å². The number of nitro groups is 1. The fourth-order valence-corrected chi connectivity index (χ4v) is 3.58. The van der Waals surface area contributed by atoms with Gasteiger partial charge < -0.3 is 5.11 Å². The summed E-state index contributed by atoms with van der Waals surface area (Å²) in [6.45, 7) is 0. The minimum absolute atomic E-state index is 0.0518. The van der Waals surface area contributed by atoms with Gasteiger partial charge in [-0.15, -0.1) is 11.3 Å². The minimum atomic E-state index is -0.647. The summed E-state index contributed by atoms with van der Waals surface area (Å²) in [6, 6.07) is 7.13. The topological polar surface area (TPSA) is 108 Å². The van der Waals surface area contributed by atoms with Crippen LogP contribution in [0.2, 0.25) is 5.02 Å². The van der Waals surface area contributed by atoms with Gasteiger partial charge >= 0.3 is 0 Å². The first-order valence-electron chi connectivity index (χ1n) is 7.03. The molecule has 0 aliphatic carbocycles. The number of carbonyl (C=O) groups excluding carboxylic acids is 1. The summed E-state index contributed by atoms with van der Waals surface area (Å²) in [6.07, 6.45) is 1.01. The van der Waals surface area contributed by atoms with Gasteiger partial charge in [0, 0.05) is 22.2 Å². The maximum Gasteiger partial charge on any atom is 0.283 e. The van der Waals surface area contributed by atoms with Gasteiger partial charge in [-0.1, -0.05) is 23.4 Å². The highest BCUT2D eigenvalue weighted by Crippen LogP contribution is 2.35. The Morgan fingerprint density at radius 3 is 2.81 bits per heavy atom. The van der Waals surface area contributed by atoms with Gasteiger partial charge in [0.2, 0.25) is 0 Å². The third-order valence-corrected chi connectivity index (χ3v) is 5.03. The minimum Gasteiger partial charge on any atom is -0.872 e. The van der Waals surface area contributed by atoms with Gasteiger partial charge in [-0.05, 0) is 23.8 Å². The van der Waals surface area contributed by atoms with Crippen LogP contribution >= 0.6 is 22.9 Å². The van der Waals surface area contributed by atoms with Crippen molar-refractivity contribution >= 4 is 50.8 Å². The first kappa shape index (κ1) is 17.8. The number of hydrazone groups is 1. The van der Waals surface area contributed by atoms with E-state index in [2.05, 4.69) is 10.5 Å². The molecule has 0 saturated heterocycles. The Morgan fingerprint density at radius 1 is 1.31 bits per heavy atom. The smallest absolute Gasteiger partial charge is 0.283 e. The summed E-state index contributed by atoms with van der Waals surface area (Å²) in [5, 5.41) is 26.7. The molecule has 1 N–H and O–H groups in total. The maximum absolute atomic E-state index is 13.3. The van der Waals surface area contributed by atoms with Gasteiger partial charge in [-0.3, -0.25) is 14.9 Å². The van der Waals surface area contributed by atoms with Crippen LogP contribution < -0.4 is 10.5 Å². The van der Waals surface area contributed by atoms with Gasteiger partial charge in [-0.2, -0.15) is 5.10 Å². The van der Waals surface area contributed by atoms with E-state index in [4.69, 9.17) is 11.6 Å². The van der Waals surface area contributed by atoms with E-state index in [0.717, 1.165) is 35.8 Å². The third kappa shape index (κ3) is 3.48. The summed E-state index contributed by atoms with van der Waals surface area (Å²) in [4.78, 5) is 22.4. The van der Waals surface area contributed by atoms with E-state index in [0.29, 0.717) is 10.1 Å². The summed E-state index contributed by atoms with van der Waals surface area (Å²) in [5.41, 5.74) is 1.87. The second-order valence-corrected chi connectivity index (χ2v) is 6.49. The molecular weight excluding hydrogens is 385 g/mol. The number of nitrogens with zero attached hydrogens (tertiary/aromatic N) is 2. The predicted molar refractivity (Wildman–Crippen MR) is 94.4 cm³/mol. The molecule has 0 bridgehead atoms. The van der Waals surface area contributed by atoms with Gasteiger partial charge in [0.1, 0.15) is 10.7 Å². The number of fused-ring (bicyclic) bond motifs is 1. The highest BCUT2D eigenvalue weighted by Gasteiger charge is 2.17. The van der Waals surface area contributed by atoms with Crippen LogP contribution in [0.1, 0.15) is 15.2 Å². The van der Waals surface area contributed by atoms with Crippen LogP contribution in [-0.4, -0.2) is 17.0 Å². The zero-order chi connectivity index (χ0) is 18.8. The van der Waals surface area contributed by atoms with Crippen molar-refractivity contribution in [3.8, 4) is 5.75 Å². The zero-order valence-corrected chi connectivity index (χ0v) is 14.3. The molecule has 0 unspecified atom stereocenters. The number of thiophene rings is 1. The molecule has 0 aliphatic heterocycles. The Bertz CT molecular complexity index is 1070. The van der Waals surface area contributed by atoms with Crippen molar-refractivity contribution in [2.75, 3.05) is 0 Å². The Balaban J connectivity index is 1.81. The lowest BCUT2D eigenvalue weighted by Crippen LogP contribution is -2.16. The normalized spacial score (nSPS) is 11.2. The lowest BCUT2D eigenvalue weighted by atomic mass is 10.2. The Labute approximate surface area is 154 Å². The number of carbonyl (C=O) groups is 1. The van der Waals surface area contributed by atoms with Gasteiger partial charge in [-0.25, -0.2) is 9.82 Å². The monoisotopic (exact) mass is 392 g/mol. The summed E-state index contributed by atoms with van der Waals surface area (Å²) < 4.78 is 13.8.